The summed E-state index contributed by atoms with van der Waals surface area (Å²) in [6.45, 7) is 5.49. The molecule has 0 amide bonds. The Morgan fingerprint density at radius 1 is 1.22 bits per heavy atom. The Morgan fingerprint density at radius 2 is 1.96 bits per heavy atom. The quantitative estimate of drug-likeness (QED) is 0.818. The van der Waals surface area contributed by atoms with Gasteiger partial charge in [-0.2, -0.15) is 0 Å². The molecule has 1 aliphatic carbocycles. The summed E-state index contributed by atoms with van der Waals surface area (Å²) in [5, 5.41) is 3.41. The number of piperazine rings is 1. The number of nitrogens with one attached hydrogen (secondary N) is 1. The van der Waals surface area contributed by atoms with Crippen LogP contribution in [-0.2, 0) is 6.42 Å². The van der Waals surface area contributed by atoms with E-state index in [-0.39, 0.29) is 0 Å². The molecule has 1 aromatic carbocycles. The van der Waals surface area contributed by atoms with Crippen molar-refractivity contribution in [3.05, 3.63) is 22.2 Å². The normalized spacial score (nSPS) is 19.9. The van der Waals surface area contributed by atoms with E-state index in [0.717, 1.165) is 68.0 Å². The highest BCUT2D eigenvalue weighted by molar-refractivity contribution is 9.10. The van der Waals surface area contributed by atoms with Gasteiger partial charge in [0.25, 0.3) is 0 Å². The molecule has 1 heterocycles. The third kappa shape index (κ3) is 4.40. The maximum atomic E-state index is 6.36. The summed E-state index contributed by atoms with van der Waals surface area (Å²) in [6, 6.07) is 4.08. The molecule has 1 aliphatic heterocycles. The SMILES string of the molecule is COc1ccc(Br)c(CCN2CCNCC2)c1OC1CCCC1. The van der Waals surface area contributed by atoms with Gasteiger partial charge in [0.2, 0.25) is 0 Å². The zero-order valence-electron chi connectivity index (χ0n) is 13.9. The summed E-state index contributed by atoms with van der Waals surface area (Å²) in [4.78, 5) is 2.52. The van der Waals surface area contributed by atoms with Crippen molar-refractivity contribution in [3.8, 4) is 11.5 Å². The Kier molecular flexibility index (Phi) is 6.20. The van der Waals surface area contributed by atoms with Crippen LogP contribution in [0.3, 0.4) is 0 Å². The first-order valence-electron chi connectivity index (χ1n) is 8.73. The zero-order valence-corrected chi connectivity index (χ0v) is 15.5. The fraction of sp³-hybridized carbons (Fsp3) is 0.667. The summed E-state index contributed by atoms with van der Waals surface area (Å²) in [7, 11) is 1.73. The van der Waals surface area contributed by atoms with Crippen molar-refractivity contribution in [2.24, 2.45) is 0 Å². The maximum Gasteiger partial charge on any atom is 0.165 e. The third-order valence-corrected chi connectivity index (χ3v) is 5.60. The molecule has 5 heteroatoms. The van der Waals surface area contributed by atoms with Gasteiger partial charge in [0, 0.05) is 42.8 Å². The van der Waals surface area contributed by atoms with Crippen LogP contribution in [0.25, 0.3) is 0 Å². The second kappa shape index (κ2) is 8.36. The van der Waals surface area contributed by atoms with Gasteiger partial charge in [-0.05, 0) is 44.2 Å². The number of nitrogens with zero attached hydrogens (tertiary/aromatic N) is 1. The summed E-state index contributed by atoms with van der Waals surface area (Å²) in [5.41, 5.74) is 1.25. The molecule has 0 bridgehead atoms. The van der Waals surface area contributed by atoms with E-state index in [0.29, 0.717) is 6.10 Å². The van der Waals surface area contributed by atoms with E-state index < -0.39 is 0 Å². The van der Waals surface area contributed by atoms with Crippen LogP contribution < -0.4 is 14.8 Å². The minimum atomic E-state index is 0.344. The molecule has 0 aromatic heterocycles. The minimum Gasteiger partial charge on any atom is -0.493 e. The van der Waals surface area contributed by atoms with Gasteiger partial charge in [-0.1, -0.05) is 15.9 Å². The van der Waals surface area contributed by atoms with Crippen molar-refractivity contribution in [1.29, 1.82) is 0 Å². The van der Waals surface area contributed by atoms with Crippen LogP contribution in [0, 0.1) is 0 Å². The molecule has 0 radical (unpaired) electrons. The fourth-order valence-electron chi connectivity index (χ4n) is 3.48. The van der Waals surface area contributed by atoms with Crippen molar-refractivity contribution in [3.63, 3.8) is 0 Å². The smallest absolute Gasteiger partial charge is 0.165 e. The lowest BCUT2D eigenvalue weighted by Crippen LogP contribution is -2.44. The molecule has 1 saturated heterocycles. The number of ether oxygens (including phenoxy) is 2. The standard InChI is InChI=1S/C18H27BrN2O2/c1-22-17-7-6-16(19)15(8-11-21-12-9-20-10-13-21)18(17)23-14-4-2-3-5-14/h6-7,14,20H,2-5,8-13H2,1H3. The van der Waals surface area contributed by atoms with E-state index >= 15 is 0 Å². The van der Waals surface area contributed by atoms with Gasteiger partial charge < -0.3 is 19.7 Å². The average Bonchev–Trinajstić information content (AvgIpc) is 3.09. The lowest BCUT2D eigenvalue weighted by atomic mass is 10.1. The van der Waals surface area contributed by atoms with E-state index in [4.69, 9.17) is 9.47 Å². The monoisotopic (exact) mass is 382 g/mol. The van der Waals surface area contributed by atoms with Gasteiger partial charge in [0.1, 0.15) is 0 Å². The van der Waals surface area contributed by atoms with Crippen LogP contribution in [0.1, 0.15) is 31.2 Å². The predicted molar refractivity (Wildman–Crippen MR) is 96.6 cm³/mol. The Balaban J connectivity index is 1.75. The molecule has 2 fully saturated rings. The lowest BCUT2D eigenvalue weighted by molar-refractivity contribution is 0.196. The topological polar surface area (TPSA) is 33.7 Å². The molecule has 23 heavy (non-hydrogen) atoms. The molecule has 0 spiro atoms. The molecule has 0 unspecified atom stereocenters. The van der Waals surface area contributed by atoms with Gasteiger partial charge in [0.15, 0.2) is 11.5 Å². The third-order valence-electron chi connectivity index (χ3n) is 4.86. The molecule has 128 valence electrons. The fourth-order valence-corrected chi connectivity index (χ4v) is 3.99. The van der Waals surface area contributed by atoms with Crippen molar-refractivity contribution >= 4 is 15.9 Å². The number of hydrogen-bond donors (Lipinski definition) is 1. The summed E-state index contributed by atoms with van der Waals surface area (Å²) >= 11 is 3.72. The Labute approximate surface area is 147 Å². The molecule has 1 saturated carbocycles. The first kappa shape index (κ1) is 17.1. The molecule has 0 atom stereocenters. The van der Waals surface area contributed by atoms with Crippen LogP contribution in [0.15, 0.2) is 16.6 Å². The number of rotatable bonds is 6. The van der Waals surface area contributed by atoms with Gasteiger partial charge in [0.05, 0.1) is 13.2 Å². The first-order chi connectivity index (χ1) is 11.3. The predicted octanol–water partition coefficient (Wildman–Crippen LogP) is 3.23. The first-order valence-corrected chi connectivity index (χ1v) is 9.52. The molecular weight excluding hydrogens is 356 g/mol. The van der Waals surface area contributed by atoms with Crippen molar-refractivity contribution in [2.45, 2.75) is 38.2 Å². The summed E-state index contributed by atoms with van der Waals surface area (Å²) in [6.07, 6.45) is 6.20. The van der Waals surface area contributed by atoms with Crippen LogP contribution in [-0.4, -0.2) is 50.8 Å². The van der Waals surface area contributed by atoms with Crippen molar-refractivity contribution in [2.75, 3.05) is 39.8 Å². The van der Waals surface area contributed by atoms with Gasteiger partial charge in [-0.25, -0.2) is 0 Å². The highest BCUT2D eigenvalue weighted by Crippen LogP contribution is 2.39. The number of methoxy groups -OCH3 is 1. The Bertz CT molecular complexity index is 512. The molecule has 4 nitrogen and oxygen atoms in total. The number of benzene rings is 1. The highest BCUT2D eigenvalue weighted by Gasteiger charge is 2.22. The van der Waals surface area contributed by atoms with E-state index in [9.17, 15) is 0 Å². The highest BCUT2D eigenvalue weighted by atomic mass is 79.9. The zero-order chi connectivity index (χ0) is 16.1. The summed E-state index contributed by atoms with van der Waals surface area (Å²) in [5.74, 6) is 1.80. The van der Waals surface area contributed by atoms with Gasteiger partial charge >= 0.3 is 0 Å². The van der Waals surface area contributed by atoms with Crippen molar-refractivity contribution in [1.82, 2.24) is 10.2 Å². The molecule has 1 aromatic rings. The van der Waals surface area contributed by atoms with Crippen LogP contribution in [0.5, 0.6) is 11.5 Å². The van der Waals surface area contributed by atoms with E-state index in [1.54, 1.807) is 7.11 Å². The molecule has 1 N–H and O–H groups in total. The van der Waals surface area contributed by atoms with Crippen LogP contribution in [0.2, 0.25) is 0 Å². The second-order valence-electron chi connectivity index (χ2n) is 6.42. The van der Waals surface area contributed by atoms with Crippen molar-refractivity contribution < 1.29 is 9.47 Å². The number of halogens is 1. The van der Waals surface area contributed by atoms with Gasteiger partial charge in [-0.3, -0.25) is 0 Å². The van der Waals surface area contributed by atoms with Crippen LogP contribution in [0.4, 0.5) is 0 Å². The lowest BCUT2D eigenvalue weighted by Gasteiger charge is -2.28. The Hall–Kier alpha value is -0.780. The largest absolute Gasteiger partial charge is 0.493 e. The Morgan fingerprint density at radius 3 is 2.65 bits per heavy atom. The van der Waals surface area contributed by atoms with E-state index in [2.05, 4.69) is 32.2 Å². The van der Waals surface area contributed by atoms with E-state index in [1.807, 2.05) is 6.07 Å². The van der Waals surface area contributed by atoms with Crippen LogP contribution >= 0.6 is 15.9 Å². The maximum absolute atomic E-state index is 6.36. The molecular formula is C18H27BrN2O2. The minimum absolute atomic E-state index is 0.344. The molecule has 3 rings (SSSR count). The van der Waals surface area contributed by atoms with Gasteiger partial charge in [-0.15, -0.1) is 0 Å². The number of hydrogen-bond acceptors (Lipinski definition) is 4. The summed E-state index contributed by atoms with van der Waals surface area (Å²) < 4.78 is 13.1. The van der Waals surface area contributed by atoms with E-state index in [1.165, 1.54) is 18.4 Å². The average molecular weight is 383 g/mol. The molecule has 2 aliphatic rings. The second-order valence-corrected chi connectivity index (χ2v) is 7.28.